The summed E-state index contributed by atoms with van der Waals surface area (Å²) in [5, 5.41) is 18.8. The Balaban J connectivity index is 1.33. The van der Waals surface area contributed by atoms with Gasteiger partial charge in [-0.25, -0.2) is 0 Å². The Hall–Kier alpha value is -3.33. The van der Waals surface area contributed by atoms with Crippen molar-refractivity contribution in [2.45, 2.75) is 70.3 Å². The van der Waals surface area contributed by atoms with Crippen molar-refractivity contribution in [1.82, 2.24) is 20.9 Å². The molecule has 1 aromatic rings. The highest BCUT2D eigenvalue weighted by atomic mass is 16.3. The summed E-state index contributed by atoms with van der Waals surface area (Å²) in [4.78, 5) is 40.1. The second-order valence-electron chi connectivity index (χ2n) is 10.1. The maximum atomic E-state index is 13.1. The molecule has 8 heteroatoms. The first-order chi connectivity index (χ1) is 17.3. The molecule has 1 aromatic carbocycles. The first-order valence-electron chi connectivity index (χ1n) is 12.7. The number of hydrogen-bond donors (Lipinski definition) is 4. The Morgan fingerprint density at radius 1 is 1.11 bits per heavy atom. The quantitative estimate of drug-likeness (QED) is 0.435. The van der Waals surface area contributed by atoms with E-state index < -0.39 is 18.2 Å². The van der Waals surface area contributed by atoms with Gasteiger partial charge in [0.15, 0.2) is 0 Å². The third kappa shape index (κ3) is 6.66. The lowest BCUT2D eigenvalue weighted by Gasteiger charge is -2.25. The molecule has 0 aromatic heterocycles. The zero-order chi connectivity index (χ0) is 25.7. The van der Waals surface area contributed by atoms with Crippen molar-refractivity contribution >= 4 is 17.7 Å². The molecule has 3 fully saturated rings. The van der Waals surface area contributed by atoms with Gasteiger partial charge in [-0.15, -0.1) is 0 Å². The zero-order valence-corrected chi connectivity index (χ0v) is 20.8. The molecule has 2 heterocycles. The van der Waals surface area contributed by atoms with E-state index in [9.17, 15) is 19.5 Å². The Labute approximate surface area is 212 Å². The molecule has 0 spiro atoms. The van der Waals surface area contributed by atoms with E-state index in [1.54, 1.807) is 18.7 Å². The fourth-order valence-electron chi connectivity index (χ4n) is 4.49. The molecule has 2 aliphatic heterocycles. The van der Waals surface area contributed by atoms with E-state index in [2.05, 4.69) is 39.6 Å². The van der Waals surface area contributed by atoms with Crippen LogP contribution in [0.2, 0.25) is 0 Å². The van der Waals surface area contributed by atoms with Gasteiger partial charge in [0.25, 0.3) is 0 Å². The van der Waals surface area contributed by atoms with Gasteiger partial charge in [-0.1, -0.05) is 37.8 Å². The van der Waals surface area contributed by atoms with Crippen molar-refractivity contribution in [2.75, 3.05) is 13.1 Å². The van der Waals surface area contributed by atoms with Crippen LogP contribution in [0, 0.1) is 35.5 Å². The minimum Gasteiger partial charge on any atom is -0.391 e. The van der Waals surface area contributed by atoms with Crippen molar-refractivity contribution in [3.8, 4) is 23.7 Å². The van der Waals surface area contributed by atoms with Crippen molar-refractivity contribution in [3.63, 3.8) is 0 Å². The number of nitrogens with zero attached hydrogens (tertiary/aromatic N) is 1. The first-order valence-corrected chi connectivity index (χ1v) is 12.7. The summed E-state index contributed by atoms with van der Waals surface area (Å²) >= 11 is 0. The smallest absolute Gasteiger partial charge is 0.243 e. The van der Waals surface area contributed by atoms with Gasteiger partial charge in [-0.2, -0.15) is 0 Å². The molecule has 1 aliphatic carbocycles. The Morgan fingerprint density at radius 3 is 2.50 bits per heavy atom. The monoisotopic (exact) mass is 490 g/mol. The second kappa shape index (κ2) is 11.6. The molecule has 2 unspecified atom stereocenters. The summed E-state index contributed by atoms with van der Waals surface area (Å²) in [7, 11) is 0. The van der Waals surface area contributed by atoms with Crippen LogP contribution in [-0.2, 0) is 20.9 Å². The minimum absolute atomic E-state index is 0.126. The number of carbonyl (C=O) groups excluding carboxylic acids is 3. The number of nitrogens with one attached hydrogen (secondary N) is 3. The van der Waals surface area contributed by atoms with Gasteiger partial charge in [-0.3, -0.25) is 14.4 Å². The van der Waals surface area contributed by atoms with Gasteiger partial charge in [0.2, 0.25) is 17.7 Å². The second-order valence-corrected chi connectivity index (χ2v) is 10.1. The Bertz CT molecular complexity index is 1100. The summed E-state index contributed by atoms with van der Waals surface area (Å²) in [5.41, 5.74) is 1.78. The van der Waals surface area contributed by atoms with Gasteiger partial charge in [0.05, 0.1) is 6.10 Å². The lowest BCUT2D eigenvalue weighted by atomic mass is 10.1. The maximum absolute atomic E-state index is 13.1. The van der Waals surface area contributed by atoms with Crippen LogP contribution in [0.1, 0.15) is 50.7 Å². The van der Waals surface area contributed by atoms with Crippen LogP contribution < -0.4 is 16.0 Å². The fraction of sp³-hybridized carbons (Fsp3) is 0.536. The third-order valence-corrected chi connectivity index (χ3v) is 6.74. The van der Waals surface area contributed by atoms with E-state index in [1.807, 2.05) is 24.3 Å². The number of likely N-dealkylation sites (tertiary alicyclic amines) is 1. The number of benzene rings is 1. The van der Waals surface area contributed by atoms with Crippen LogP contribution in [0.25, 0.3) is 0 Å². The largest absolute Gasteiger partial charge is 0.391 e. The van der Waals surface area contributed by atoms with Crippen LogP contribution >= 0.6 is 0 Å². The Morgan fingerprint density at radius 2 is 1.86 bits per heavy atom. The molecular formula is C28H34N4O4. The molecule has 1 saturated carbocycles. The predicted octanol–water partition coefficient (Wildman–Crippen LogP) is 0.532. The molecule has 190 valence electrons. The highest BCUT2D eigenvalue weighted by Crippen LogP contribution is 2.27. The van der Waals surface area contributed by atoms with Crippen LogP contribution in [0.5, 0.6) is 0 Å². The molecular weight excluding hydrogens is 456 g/mol. The van der Waals surface area contributed by atoms with Crippen molar-refractivity contribution in [3.05, 3.63) is 35.4 Å². The average molecular weight is 491 g/mol. The van der Waals surface area contributed by atoms with Crippen LogP contribution in [0.4, 0.5) is 0 Å². The lowest BCUT2D eigenvalue weighted by Crippen LogP contribution is -2.50. The molecule has 3 aliphatic rings. The van der Waals surface area contributed by atoms with Crippen molar-refractivity contribution in [2.24, 2.45) is 11.8 Å². The molecule has 4 atom stereocenters. The number of amides is 3. The summed E-state index contributed by atoms with van der Waals surface area (Å²) in [6, 6.07) is 5.93. The number of carbonyl (C=O) groups is 3. The topological polar surface area (TPSA) is 111 Å². The van der Waals surface area contributed by atoms with E-state index >= 15 is 0 Å². The molecule has 3 amide bonds. The molecule has 0 radical (unpaired) electrons. The predicted molar refractivity (Wildman–Crippen MR) is 135 cm³/mol. The first kappa shape index (κ1) is 25.8. The number of hydrogen-bond acceptors (Lipinski definition) is 5. The molecule has 36 heavy (non-hydrogen) atoms. The molecule has 4 rings (SSSR count). The van der Waals surface area contributed by atoms with Gasteiger partial charge < -0.3 is 26.0 Å². The molecule has 0 bridgehead atoms. The number of aliphatic hydroxyl groups excluding tert-OH is 1. The van der Waals surface area contributed by atoms with Crippen molar-refractivity contribution in [1.29, 1.82) is 0 Å². The Kier molecular flexibility index (Phi) is 8.30. The molecule has 4 N–H and O–H groups in total. The normalized spacial score (nSPS) is 24.9. The average Bonchev–Trinajstić information content (AvgIpc) is 3.44. The van der Waals surface area contributed by atoms with Gasteiger partial charge in [0, 0.05) is 36.5 Å². The highest BCUT2D eigenvalue weighted by Gasteiger charge is 2.42. The minimum atomic E-state index is -0.730. The molecule has 8 nitrogen and oxygen atoms in total. The third-order valence-electron chi connectivity index (χ3n) is 6.74. The SMILES string of the molecule is CC(C)C(=O)N1CC(NC(=O)[C@H]2NCC[C@H]2O)CC1C(=O)NCc1ccc(C#CC#CC2CC2)cc1. The number of aliphatic hydroxyl groups is 1. The van der Waals surface area contributed by atoms with E-state index in [0.717, 1.165) is 11.1 Å². The molecule has 2 saturated heterocycles. The van der Waals surface area contributed by atoms with Gasteiger partial charge >= 0.3 is 0 Å². The highest BCUT2D eigenvalue weighted by molar-refractivity contribution is 5.89. The summed E-state index contributed by atoms with van der Waals surface area (Å²) in [6.07, 6.45) is 2.48. The summed E-state index contributed by atoms with van der Waals surface area (Å²) < 4.78 is 0. The van der Waals surface area contributed by atoms with Crippen molar-refractivity contribution < 1.29 is 19.5 Å². The number of rotatable bonds is 6. The van der Waals surface area contributed by atoms with E-state index in [-0.39, 0.29) is 36.2 Å². The van der Waals surface area contributed by atoms with E-state index in [0.29, 0.717) is 31.8 Å². The maximum Gasteiger partial charge on any atom is 0.243 e. The van der Waals surface area contributed by atoms with Crippen LogP contribution in [0.15, 0.2) is 24.3 Å². The lowest BCUT2D eigenvalue weighted by molar-refractivity contribution is -0.140. The zero-order valence-electron chi connectivity index (χ0n) is 20.8. The van der Waals surface area contributed by atoms with E-state index in [4.69, 9.17) is 0 Å². The fourth-order valence-corrected chi connectivity index (χ4v) is 4.49. The van der Waals surface area contributed by atoms with Gasteiger partial charge in [-0.05, 0) is 61.8 Å². The van der Waals surface area contributed by atoms with Gasteiger partial charge in [0.1, 0.15) is 12.1 Å². The van der Waals surface area contributed by atoms with Crippen LogP contribution in [0.3, 0.4) is 0 Å². The van der Waals surface area contributed by atoms with E-state index in [1.165, 1.54) is 12.8 Å². The van der Waals surface area contributed by atoms with Crippen LogP contribution in [-0.4, -0.2) is 65.0 Å². The summed E-state index contributed by atoms with van der Waals surface area (Å²) in [5.74, 6) is 11.5. The standard InChI is InChI=1S/C28H34N4O4/c1-18(2)28(36)32-17-22(31-27(35)25-24(33)13-14-29-25)15-23(32)26(34)30-16-21-11-9-20(10-12-21)6-4-3-5-19-7-8-19/h9-12,18-19,22-25,29,33H,7-8,13-17H2,1-2H3,(H,30,34)(H,31,35)/t22?,23?,24-,25+/m1/s1. The summed E-state index contributed by atoms with van der Waals surface area (Å²) in [6.45, 7) is 4.76.